The van der Waals surface area contributed by atoms with E-state index in [2.05, 4.69) is 89.4 Å². The molecule has 3 aromatic carbocycles. The molecule has 186 valence electrons. The minimum atomic E-state index is 0.133. The van der Waals surface area contributed by atoms with E-state index >= 15 is 0 Å². The third kappa shape index (κ3) is 5.05. The number of aromatic nitrogens is 2. The number of hydrogen-bond donors (Lipinski definition) is 2. The van der Waals surface area contributed by atoms with Crippen LogP contribution in [0.3, 0.4) is 0 Å². The van der Waals surface area contributed by atoms with Crippen molar-refractivity contribution in [2.24, 2.45) is 16.7 Å². The molecular weight excluding hydrogens is 458 g/mol. The van der Waals surface area contributed by atoms with Gasteiger partial charge in [-0.15, -0.1) is 0 Å². The Hall–Kier alpha value is -4.58. The molecule has 0 saturated heterocycles. The van der Waals surface area contributed by atoms with Gasteiger partial charge in [-0.2, -0.15) is 5.10 Å². The van der Waals surface area contributed by atoms with Crippen molar-refractivity contribution in [3.05, 3.63) is 103 Å². The van der Waals surface area contributed by atoms with Crippen LogP contribution in [0.15, 0.2) is 102 Å². The van der Waals surface area contributed by atoms with Crippen molar-refractivity contribution in [2.75, 3.05) is 6.61 Å². The first-order valence-corrected chi connectivity index (χ1v) is 12.6. The fourth-order valence-corrected chi connectivity index (χ4v) is 4.72. The molecule has 4 aromatic rings. The number of benzene rings is 3. The smallest absolute Gasteiger partial charge is 0.157 e. The van der Waals surface area contributed by atoms with Gasteiger partial charge in [-0.05, 0) is 48.6 Å². The zero-order chi connectivity index (χ0) is 25.6. The van der Waals surface area contributed by atoms with Gasteiger partial charge in [0.1, 0.15) is 18.2 Å². The van der Waals surface area contributed by atoms with E-state index in [-0.39, 0.29) is 12.4 Å². The maximum absolute atomic E-state index is 5.80. The highest BCUT2D eigenvalue weighted by Crippen LogP contribution is 2.39. The van der Waals surface area contributed by atoms with E-state index in [0.29, 0.717) is 5.75 Å². The fraction of sp³-hybridized carbons (Fsp3) is 0.161. The Morgan fingerprint density at radius 3 is 2.43 bits per heavy atom. The number of ether oxygens (including phenoxy) is 1. The molecule has 4 N–H and O–H groups in total. The Kier molecular flexibility index (Phi) is 7.17. The average Bonchev–Trinajstić information content (AvgIpc) is 3.36. The maximum Gasteiger partial charge on any atom is 0.157 e. The molecule has 1 aromatic heterocycles. The average molecular weight is 490 g/mol. The summed E-state index contributed by atoms with van der Waals surface area (Å²) < 4.78 is 8.13. The lowest BCUT2D eigenvalue weighted by Crippen LogP contribution is -2.22. The molecule has 5 rings (SSSR count). The second-order valence-electron chi connectivity index (χ2n) is 8.86. The number of hydrazone groups is 1. The summed E-state index contributed by atoms with van der Waals surface area (Å²) in [4.78, 5) is 5.29. The van der Waals surface area contributed by atoms with Crippen molar-refractivity contribution in [2.45, 2.75) is 26.3 Å². The van der Waals surface area contributed by atoms with Gasteiger partial charge in [0.2, 0.25) is 0 Å². The number of amidine groups is 1. The number of hydrogen-bond acceptors (Lipinski definition) is 4. The highest BCUT2D eigenvalue weighted by molar-refractivity contribution is 5.88. The molecule has 1 aliphatic rings. The summed E-state index contributed by atoms with van der Waals surface area (Å²) in [7, 11) is 0. The zero-order valence-corrected chi connectivity index (χ0v) is 21.0. The van der Waals surface area contributed by atoms with Crippen LogP contribution in [0.1, 0.15) is 25.5 Å². The number of nitrogens with two attached hydrogens (primary N) is 2. The molecule has 6 heteroatoms. The van der Waals surface area contributed by atoms with E-state index in [1.165, 1.54) is 5.57 Å². The lowest BCUT2D eigenvalue weighted by molar-refractivity contribution is 0.375. The van der Waals surface area contributed by atoms with Crippen molar-refractivity contribution < 1.29 is 4.74 Å². The molecule has 0 saturated carbocycles. The molecular formula is C31H31N5O. The quantitative estimate of drug-likeness (QED) is 0.132. The number of allylic oxidation sites excluding steroid dienone is 4. The van der Waals surface area contributed by atoms with Gasteiger partial charge in [0.15, 0.2) is 5.84 Å². The minimum Gasteiger partial charge on any atom is -0.486 e. The molecule has 1 aliphatic carbocycles. The van der Waals surface area contributed by atoms with Crippen LogP contribution >= 0.6 is 0 Å². The summed E-state index contributed by atoms with van der Waals surface area (Å²) in [6, 6.07) is 26.8. The monoisotopic (exact) mass is 489 g/mol. The van der Waals surface area contributed by atoms with E-state index in [1.54, 1.807) is 0 Å². The highest BCUT2D eigenvalue weighted by atomic mass is 16.5. The van der Waals surface area contributed by atoms with Gasteiger partial charge in [-0.1, -0.05) is 85.0 Å². The largest absolute Gasteiger partial charge is 0.486 e. The molecule has 0 atom stereocenters. The third-order valence-electron chi connectivity index (χ3n) is 6.47. The van der Waals surface area contributed by atoms with Gasteiger partial charge < -0.3 is 20.9 Å². The van der Waals surface area contributed by atoms with Crippen LogP contribution in [0.5, 0.6) is 5.75 Å². The number of rotatable bonds is 8. The lowest BCUT2D eigenvalue weighted by Gasteiger charge is -2.15. The van der Waals surface area contributed by atoms with Gasteiger partial charge >= 0.3 is 0 Å². The molecule has 0 amide bonds. The SMILES string of the molecule is CCn1c(-c2ccccc2-c2cccc(OC/C(N)=N/N)c2)nc(-c2ccccc2)c1C1=CCCC=C1. The predicted octanol–water partition coefficient (Wildman–Crippen LogP) is 6.25. The summed E-state index contributed by atoms with van der Waals surface area (Å²) in [6.07, 6.45) is 8.90. The van der Waals surface area contributed by atoms with Crippen molar-refractivity contribution in [1.29, 1.82) is 0 Å². The summed E-state index contributed by atoms with van der Waals surface area (Å²) in [6.45, 7) is 3.11. The van der Waals surface area contributed by atoms with Crippen LogP contribution in [0.2, 0.25) is 0 Å². The lowest BCUT2D eigenvalue weighted by atomic mass is 9.98. The van der Waals surface area contributed by atoms with Gasteiger partial charge in [-0.25, -0.2) is 4.98 Å². The fourth-order valence-electron chi connectivity index (χ4n) is 4.72. The van der Waals surface area contributed by atoms with Gasteiger partial charge in [0.25, 0.3) is 0 Å². The van der Waals surface area contributed by atoms with Crippen molar-refractivity contribution in [1.82, 2.24) is 9.55 Å². The van der Waals surface area contributed by atoms with E-state index in [1.807, 2.05) is 24.3 Å². The van der Waals surface area contributed by atoms with E-state index in [9.17, 15) is 0 Å². The Balaban J connectivity index is 1.66. The van der Waals surface area contributed by atoms with Gasteiger partial charge in [0.05, 0.1) is 11.4 Å². The van der Waals surface area contributed by atoms with Crippen LogP contribution in [0.4, 0.5) is 0 Å². The van der Waals surface area contributed by atoms with Gasteiger partial charge in [0, 0.05) is 17.7 Å². The molecule has 0 fully saturated rings. The van der Waals surface area contributed by atoms with Crippen LogP contribution < -0.4 is 16.3 Å². The van der Waals surface area contributed by atoms with Crippen molar-refractivity contribution >= 4 is 11.4 Å². The standard InChI is InChI=1S/C31H31N5O/c1-2-36-30(23-14-7-4-8-15-23)29(22-12-5-3-6-13-22)34-31(36)27-19-10-9-18-26(27)24-16-11-17-25(20-24)37-21-28(32)35-33/h3,5-7,9-20H,2,4,8,21,33H2,1H3,(H2,32,35). The second-order valence-corrected chi connectivity index (χ2v) is 8.86. The summed E-state index contributed by atoms with van der Waals surface area (Å²) in [5, 5.41) is 3.48. The minimum absolute atomic E-state index is 0.133. The molecule has 0 radical (unpaired) electrons. The van der Waals surface area contributed by atoms with Crippen LogP contribution in [0.25, 0.3) is 39.3 Å². The summed E-state index contributed by atoms with van der Waals surface area (Å²) in [5.74, 6) is 7.12. The molecule has 37 heavy (non-hydrogen) atoms. The topological polar surface area (TPSA) is 91.5 Å². The van der Waals surface area contributed by atoms with Crippen LogP contribution in [-0.2, 0) is 6.54 Å². The normalized spacial score (nSPS) is 13.4. The molecule has 0 aliphatic heterocycles. The molecule has 0 spiro atoms. The molecule has 1 heterocycles. The Morgan fingerprint density at radius 1 is 0.946 bits per heavy atom. The van der Waals surface area contributed by atoms with Crippen LogP contribution in [0, 0.1) is 0 Å². The third-order valence-corrected chi connectivity index (χ3v) is 6.47. The van der Waals surface area contributed by atoms with Crippen LogP contribution in [-0.4, -0.2) is 22.0 Å². The first kappa shape index (κ1) is 24.1. The Labute approximate surface area is 217 Å². The maximum atomic E-state index is 5.80. The zero-order valence-electron chi connectivity index (χ0n) is 21.0. The second kappa shape index (κ2) is 11.0. The number of imidazole rings is 1. The Morgan fingerprint density at radius 2 is 1.70 bits per heavy atom. The van der Waals surface area contributed by atoms with E-state index in [4.69, 9.17) is 21.3 Å². The molecule has 6 nitrogen and oxygen atoms in total. The molecule has 0 unspecified atom stereocenters. The summed E-state index contributed by atoms with van der Waals surface area (Å²) >= 11 is 0. The van der Waals surface area contributed by atoms with Crippen molar-refractivity contribution in [3.63, 3.8) is 0 Å². The van der Waals surface area contributed by atoms with E-state index in [0.717, 1.165) is 58.9 Å². The Bertz CT molecular complexity index is 1480. The van der Waals surface area contributed by atoms with Crippen molar-refractivity contribution in [3.8, 4) is 39.5 Å². The molecule has 0 bridgehead atoms. The van der Waals surface area contributed by atoms with Gasteiger partial charge in [-0.3, -0.25) is 0 Å². The summed E-state index contributed by atoms with van der Waals surface area (Å²) in [5.41, 5.74) is 13.4. The highest BCUT2D eigenvalue weighted by Gasteiger charge is 2.23. The first-order valence-electron chi connectivity index (χ1n) is 12.6. The first-order chi connectivity index (χ1) is 18.2. The predicted molar refractivity (Wildman–Crippen MR) is 152 cm³/mol. The number of nitrogens with zero attached hydrogens (tertiary/aromatic N) is 3. The van der Waals surface area contributed by atoms with E-state index < -0.39 is 0 Å².